The Hall–Kier alpha value is -2.99. The number of amides is 1. The fourth-order valence-corrected chi connectivity index (χ4v) is 3.23. The molecule has 1 N–H and O–H groups in total. The third-order valence-electron chi connectivity index (χ3n) is 4.53. The lowest BCUT2D eigenvalue weighted by Gasteiger charge is -2.13. The Bertz CT molecular complexity index is 1090. The molecule has 146 valence electrons. The van der Waals surface area contributed by atoms with E-state index in [0.717, 1.165) is 11.1 Å². The van der Waals surface area contributed by atoms with Gasteiger partial charge in [-0.3, -0.25) is 9.59 Å². The highest BCUT2D eigenvalue weighted by atomic mass is 35.5. The number of carbonyl (C=O) groups is 1. The van der Waals surface area contributed by atoms with Crippen molar-refractivity contribution < 1.29 is 14.3 Å². The summed E-state index contributed by atoms with van der Waals surface area (Å²) in [5.74, 6) is 0.738. The van der Waals surface area contributed by atoms with Crippen molar-refractivity contribution in [2.75, 3.05) is 14.2 Å². The lowest BCUT2D eigenvalue weighted by molar-refractivity contribution is 0.0949. The number of nitrogens with one attached hydrogen (secondary N) is 1. The van der Waals surface area contributed by atoms with Crippen molar-refractivity contribution in [1.29, 1.82) is 0 Å². The molecule has 0 fully saturated rings. The van der Waals surface area contributed by atoms with Crippen molar-refractivity contribution in [1.82, 2.24) is 9.88 Å². The van der Waals surface area contributed by atoms with Gasteiger partial charge in [0.05, 0.1) is 19.7 Å². The zero-order valence-electron chi connectivity index (χ0n) is 15.9. The highest BCUT2D eigenvalue weighted by Gasteiger charge is 2.15. The van der Waals surface area contributed by atoms with E-state index in [4.69, 9.17) is 21.1 Å². The summed E-state index contributed by atoms with van der Waals surface area (Å²) >= 11 is 6.04. The van der Waals surface area contributed by atoms with E-state index in [1.807, 2.05) is 17.6 Å². The number of fused-ring (bicyclic) bond motifs is 1. The summed E-state index contributed by atoms with van der Waals surface area (Å²) in [6, 6.07) is 10.5. The number of hydrogen-bond donors (Lipinski definition) is 1. The third kappa shape index (κ3) is 3.82. The van der Waals surface area contributed by atoms with Gasteiger partial charge < -0.3 is 19.4 Å². The molecule has 1 amide bonds. The van der Waals surface area contributed by atoms with Gasteiger partial charge in [-0.1, -0.05) is 17.7 Å². The van der Waals surface area contributed by atoms with Crippen LogP contribution >= 0.6 is 11.6 Å². The van der Waals surface area contributed by atoms with E-state index in [0.29, 0.717) is 28.5 Å². The topological polar surface area (TPSA) is 69.6 Å². The maximum Gasteiger partial charge on any atom is 0.257 e. The van der Waals surface area contributed by atoms with Crippen molar-refractivity contribution in [3.63, 3.8) is 0 Å². The van der Waals surface area contributed by atoms with E-state index in [9.17, 15) is 9.59 Å². The van der Waals surface area contributed by atoms with E-state index in [1.54, 1.807) is 50.7 Å². The van der Waals surface area contributed by atoms with Gasteiger partial charge in [-0.25, -0.2) is 0 Å². The van der Waals surface area contributed by atoms with Gasteiger partial charge in [-0.05, 0) is 42.8 Å². The Labute approximate surface area is 167 Å². The summed E-state index contributed by atoms with van der Waals surface area (Å²) in [5, 5.41) is 3.67. The van der Waals surface area contributed by atoms with Gasteiger partial charge in [0.2, 0.25) is 5.43 Å². The first-order chi connectivity index (χ1) is 13.5. The molecule has 2 aromatic carbocycles. The maximum atomic E-state index is 12.8. The van der Waals surface area contributed by atoms with Crippen LogP contribution in [0.3, 0.4) is 0 Å². The highest BCUT2D eigenvalue weighted by molar-refractivity contribution is 6.31. The first-order valence-electron chi connectivity index (χ1n) is 8.80. The lowest BCUT2D eigenvalue weighted by Crippen LogP contribution is -2.29. The Kier molecular flexibility index (Phi) is 5.90. The molecule has 0 aliphatic carbocycles. The molecule has 1 heterocycles. The SMILES string of the molecule is CCn1cc(C(=O)NCc2ccc(OC)c(OC)c2)c(=O)c2cc(Cl)ccc21. The number of ether oxygens (including phenoxy) is 2. The van der Waals surface area contributed by atoms with Crippen LogP contribution in [-0.2, 0) is 13.1 Å². The molecule has 0 atom stereocenters. The molecule has 0 aliphatic rings. The van der Waals surface area contributed by atoms with Crippen molar-refractivity contribution in [3.05, 3.63) is 69.0 Å². The van der Waals surface area contributed by atoms with Crippen LogP contribution in [0.4, 0.5) is 0 Å². The standard InChI is InChI=1S/C21H21ClN2O4/c1-4-24-12-16(20(25)15-10-14(22)6-7-17(15)24)21(26)23-11-13-5-8-18(27-2)19(9-13)28-3/h5-10,12H,4,11H2,1-3H3,(H,23,26). The second-order valence-corrected chi connectivity index (χ2v) is 6.63. The second kappa shape index (κ2) is 8.35. The number of aromatic nitrogens is 1. The minimum Gasteiger partial charge on any atom is -0.493 e. The second-order valence-electron chi connectivity index (χ2n) is 6.19. The largest absolute Gasteiger partial charge is 0.493 e. The van der Waals surface area contributed by atoms with Gasteiger partial charge in [0.1, 0.15) is 5.56 Å². The number of aryl methyl sites for hydroxylation is 1. The third-order valence-corrected chi connectivity index (χ3v) is 4.76. The van der Waals surface area contributed by atoms with Crippen LogP contribution in [0.5, 0.6) is 11.5 Å². The van der Waals surface area contributed by atoms with Crippen molar-refractivity contribution in [2.45, 2.75) is 20.0 Å². The number of nitrogens with zero attached hydrogens (tertiary/aromatic N) is 1. The minimum atomic E-state index is -0.441. The predicted octanol–water partition coefficient (Wildman–Crippen LogP) is 3.62. The molecule has 3 aromatic rings. The molecule has 0 spiro atoms. The number of benzene rings is 2. The molecule has 0 radical (unpaired) electrons. The van der Waals surface area contributed by atoms with Gasteiger partial charge in [-0.15, -0.1) is 0 Å². The van der Waals surface area contributed by atoms with Gasteiger partial charge in [0.25, 0.3) is 5.91 Å². The Morgan fingerprint density at radius 3 is 2.54 bits per heavy atom. The van der Waals surface area contributed by atoms with E-state index >= 15 is 0 Å². The average Bonchev–Trinajstić information content (AvgIpc) is 2.72. The summed E-state index contributed by atoms with van der Waals surface area (Å²) in [5.41, 5.74) is 1.31. The Morgan fingerprint density at radius 2 is 1.86 bits per heavy atom. The van der Waals surface area contributed by atoms with Crippen molar-refractivity contribution >= 4 is 28.4 Å². The van der Waals surface area contributed by atoms with Crippen LogP contribution in [0.2, 0.25) is 5.02 Å². The summed E-state index contributed by atoms with van der Waals surface area (Å²) in [7, 11) is 3.11. The molecule has 28 heavy (non-hydrogen) atoms. The zero-order valence-corrected chi connectivity index (χ0v) is 16.7. The van der Waals surface area contributed by atoms with Crippen LogP contribution in [0.15, 0.2) is 47.4 Å². The number of hydrogen-bond acceptors (Lipinski definition) is 4. The minimum absolute atomic E-state index is 0.0806. The molecule has 3 rings (SSSR count). The van der Waals surface area contributed by atoms with Gasteiger partial charge >= 0.3 is 0 Å². The average molecular weight is 401 g/mol. The molecular weight excluding hydrogens is 380 g/mol. The molecule has 0 aliphatic heterocycles. The summed E-state index contributed by atoms with van der Waals surface area (Å²) < 4.78 is 12.3. The first-order valence-corrected chi connectivity index (χ1v) is 9.18. The summed E-state index contributed by atoms with van der Waals surface area (Å²) in [6.45, 7) is 2.82. The fourth-order valence-electron chi connectivity index (χ4n) is 3.06. The van der Waals surface area contributed by atoms with Crippen LogP contribution in [0, 0.1) is 0 Å². The summed E-state index contributed by atoms with van der Waals surface area (Å²) in [6.07, 6.45) is 1.59. The zero-order chi connectivity index (χ0) is 20.3. The Morgan fingerprint density at radius 1 is 1.11 bits per heavy atom. The number of rotatable bonds is 6. The molecule has 0 saturated heterocycles. The lowest BCUT2D eigenvalue weighted by atomic mass is 10.1. The van der Waals surface area contributed by atoms with Gasteiger partial charge in [-0.2, -0.15) is 0 Å². The van der Waals surface area contributed by atoms with Crippen molar-refractivity contribution in [3.8, 4) is 11.5 Å². The number of methoxy groups -OCH3 is 2. The van der Waals surface area contributed by atoms with Gasteiger partial charge in [0.15, 0.2) is 11.5 Å². The van der Waals surface area contributed by atoms with Crippen LogP contribution in [-0.4, -0.2) is 24.7 Å². The maximum absolute atomic E-state index is 12.8. The molecule has 6 nitrogen and oxygen atoms in total. The van der Waals surface area contributed by atoms with E-state index in [1.165, 1.54) is 0 Å². The quantitative estimate of drug-likeness (QED) is 0.686. The predicted molar refractivity (Wildman–Crippen MR) is 110 cm³/mol. The number of pyridine rings is 1. The summed E-state index contributed by atoms with van der Waals surface area (Å²) in [4.78, 5) is 25.5. The van der Waals surface area contributed by atoms with Crippen LogP contribution in [0.25, 0.3) is 10.9 Å². The van der Waals surface area contributed by atoms with Crippen LogP contribution in [0.1, 0.15) is 22.8 Å². The normalized spacial score (nSPS) is 10.7. The molecule has 7 heteroatoms. The van der Waals surface area contributed by atoms with Crippen molar-refractivity contribution in [2.24, 2.45) is 0 Å². The number of carbonyl (C=O) groups excluding carboxylic acids is 1. The Balaban J connectivity index is 1.90. The molecule has 0 bridgehead atoms. The molecule has 1 aromatic heterocycles. The molecule has 0 unspecified atom stereocenters. The van der Waals surface area contributed by atoms with E-state index in [-0.39, 0.29) is 17.5 Å². The van der Waals surface area contributed by atoms with Gasteiger partial charge in [0, 0.05) is 29.7 Å². The highest BCUT2D eigenvalue weighted by Crippen LogP contribution is 2.27. The molecule has 0 saturated carbocycles. The molecular formula is C21H21ClN2O4. The monoisotopic (exact) mass is 400 g/mol. The van der Waals surface area contributed by atoms with E-state index < -0.39 is 5.91 Å². The first kappa shape index (κ1) is 19.8. The smallest absolute Gasteiger partial charge is 0.257 e. The number of halogens is 1. The van der Waals surface area contributed by atoms with Crippen LogP contribution < -0.4 is 20.2 Å². The fraction of sp³-hybridized carbons (Fsp3) is 0.238. The van der Waals surface area contributed by atoms with E-state index in [2.05, 4.69) is 5.32 Å².